The van der Waals surface area contributed by atoms with Gasteiger partial charge in [-0.3, -0.25) is 0 Å². The van der Waals surface area contributed by atoms with E-state index >= 15 is 0 Å². The highest BCUT2D eigenvalue weighted by molar-refractivity contribution is 6.31. The smallest absolute Gasteiger partial charge is 0.127 e. The SMILES string of the molecule is CCCC1=CC(N2CCC[C@H]2C)=NCN1c1ccc(C)c(Cl)c1. The molecule has 3 rings (SSSR count). The lowest BCUT2D eigenvalue weighted by Gasteiger charge is -2.33. The van der Waals surface area contributed by atoms with E-state index in [0.717, 1.165) is 41.5 Å². The van der Waals surface area contributed by atoms with Gasteiger partial charge in [-0.1, -0.05) is 31.0 Å². The topological polar surface area (TPSA) is 18.8 Å². The van der Waals surface area contributed by atoms with Crippen LogP contribution in [0.3, 0.4) is 0 Å². The van der Waals surface area contributed by atoms with Crippen LogP contribution in [-0.4, -0.2) is 30.0 Å². The minimum Gasteiger partial charge on any atom is -0.354 e. The maximum absolute atomic E-state index is 6.32. The molecule has 2 aliphatic rings. The van der Waals surface area contributed by atoms with Gasteiger partial charge in [0.25, 0.3) is 0 Å². The van der Waals surface area contributed by atoms with Crippen LogP contribution in [0.5, 0.6) is 0 Å². The Labute approximate surface area is 144 Å². The first-order valence-corrected chi connectivity index (χ1v) is 9.03. The number of likely N-dealkylation sites (tertiary alicyclic amines) is 1. The molecule has 2 heterocycles. The molecule has 0 aromatic heterocycles. The van der Waals surface area contributed by atoms with Gasteiger partial charge in [0, 0.05) is 29.0 Å². The molecule has 2 aliphatic heterocycles. The van der Waals surface area contributed by atoms with E-state index in [2.05, 4.69) is 47.9 Å². The summed E-state index contributed by atoms with van der Waals surface area (Å²) < 4.78 is 0. The molecular weight excluding hydrogens is 306 g/mol. The van der Waals surface area contributed by atoms with E-state index in [0.29, 0.717) is 12.7 Å². The maximum Gasteiger partial charge on any atom is 0.127 e. The zero-order valence-electron chi connectivity index (χ0n) is 14.3. The zero-order chi connectivity index (χ0) is 16.4. The third kappa shape index (κ3) is 3.40. The van der Waals surface area contributed by atoms with Crippen molar-refractivity contribution in [3.8, 4) is 0 Å². The summed E-state index contributed by atoms with van der Waals surface area (Å²) >= 11 is 6.32. The number of amidine groups is 1. The lowest BCUT2D eigenvalue weighted by atomic mass is 10.1. The summed E-state index contributed by atoms with van der Waals surface area (Å²) in [5.74, 6) is 1.16. The number of anilines is 1. The van der Waals surface area contributed by atoms with Gasteiger partial charge in [0.15, 0.2) is 0 Å². The lowest BCUT2D eigenvalue weighted by molar-refractivity contribution is 0.414. The second kappa shape index (κ2) is 6.96. The van der Waals surface area contributed by atoms with Gasteiger partial charge < -0.3 is 9.80 Å². The minimum atomic E-state index is 0.605. The Morgan fingerprint density at radius 2 is 2.17 bits per heavy atom. The number of nitrogens with zero attached hydrogens (tertiary/aromatic N) is 3. The Kier molecular flexibility index (Phi) is 4.96. The van der Waals surface area contributed by atoms with E-state index < -0.39 is 0 Å². The molecule has 1 fully saturated rings. The number of allylic oxidation sites excluding steroid dienone is 1. The molecule has 0 aliphatic carbocycles. The van der Waals surface area contributed by atoms with Gasteiger partial charge in [-0.15, -0.1) is 0 Å². The monoisotopic (exact) mass is 331 g/mol. The molecule has 1 saturated heterocycles. The van der Waals surface area contributed by atoms with Gasteiger partial charge in [-0.25, -0.2) is 4.99 Å². The maximum atomic E-state index is 6.32. The fourth-order valence-corrected chi connectivity index (χ4v) is 3.59. The number of halogens is 1. The predicted octanol–water partition coefficient (Wildman–Crippen LogP) is 4.99. The van der Waals surface area contributed by atoms with Crippen molar-refractivity contribution < 1.29 is 0 Å². The molecule has 3 nitrogen and oxygen atoms in total. The second-order valence-electron chi connectivity index (χ2n) is 6.59. The van der Waals surface area contributed by atoms with Crippen molar-refractivity contribution in [3.63, 3.8) is 0 Å². The van der Waals surface area contributed by atoms with Crippen LogP contribution < -0.4 is 4.90 Å². The first kappa shape index (κ1) is 16.4. The van der Waals surface area contributed by atoms with Crippen LogP contribution in [0, 0.1) is 6.92 Å². The molecule has 0 N–H and O–H groups in total. The van der Waals surface area contributed by atoms with Crippen molar-refractivity contribution in [2.75, 3.05) is 18.1 Å². The van der Waals surface area contributed by atoms with Crippen LogP contribution in [-0.2, 0) is 0 Å². The van der Waals surface area contributed by atoms with Crippen LogP contribution in [0.1, 0.15) is 45.1 Å². The Morgan fingerprint density at radius 1 is 1.35 bits per heavy atom. The minimum absolute atomic E-state index is 0.605. The molecule has 0 bridgehead atoms. The van der Waals surface area contributed by atoms with Crippen LogP contribution in [0.15, 0.2) is 35.0 Å². The molecule has 1 aromatic carbocycles. The summed E-state index contributed by atoms with van der Waals surface area (Å²) in [7, 11) is 0. The van der Waals surface area contributed by atoms with Gasteiger partial charge in [-0.2, -0.15) is 0 Å². The van der Waals surface area contributed by atoms with Crippen molar-refractivity contribution in [2.45, 2.75) is 52.5 Å². The highest BCUT2D eigenvalue weighted by Gasteiger charge is 2.26. The second-order valence-corrected chi connectivity index (χ2v) is 7.00. The lowest BCUT2D eigenvalue weighted by Crippen LogP contribution is -2.37. The molecule has 0 amide bonds. The van der Waals surface area contributed by atoms with E-state index in [1.54, 1.807) is 0 Å². The van der Waals surface area contributed by atoms with Crippen molar-refractivity contribution >= 4 is 23.1 Å². The van der Waals surface area contributed by atoms with Crippen molar-refractivity contribution in [2.24, 2.45) is 4.99 Å². The molecule has 0 spiro atoms. The average molecular weight is 332 g/mol. The quantitative estimate of drug-likeness (QED) is 0.776. The zero-order valence-corrected chi connectivity index (χ0v) is 15.1. The molecule has 0 saturated carbocycles. The van der Waals surface area contributed by atoms with Crippen molar-refractivity contribution in [1.29, 1.82) is 0 Å². The molecule has 124 valence electrons. The number of hydrogen-bond donors (Lipinski definition) is 0. The third-order valence-corrected chi connectivity index (χ3v) is 5.24. The van der Waals surface area contributed by atoms with Gasteiger partial charge in [-0.05, 0) is 56.9 Å². The average Bonchev–Trinajstić information content (AvgIpc) is 2.96. The molecule has 0 radical (unpaired) electrons. The fraction of sp³-hybridized carbons (Fsp3) is 0.526. The van der Waals surface area contributed by atoms with Crippen LogP contribution in [0.2, 0.25) is 5.02 Å². The van der Waals surface area contributed by atoms with E-state index in [9.17, 15) is 0 Å². The van der Waals surface area contributed by atoms with Crippen molar-refractivity contribution in [1.82, 2.24) is 4.90 Å². The van der Waals surface area contributed by atoms with E-state index in [-0.39, 0.29) is 0 Å². The first-order chi connectivity index (χ1) is 11.1. The van der Waals surface area contributed by atoms with Gasteiger partial charge >= 0.3 is 0 Å². The summed E-state index contributed by atoms with van der Waals surface area (Å²) in [5, 5.41) is 0.821. The Hall–Kier alpha value is -1.48. The highest BCUT2D eigenvalue weighted by Crippen LogP contribution is 2.30. The number of rotatable bonds is 3. The van der Waals surface area contributed by atoms with Crippen LogP contribution in [0.25, 0.3) is 0 Å². The number of aryl methyl sites for hydroxylation is 1. The van der Waals surface area contributed by atoms with E-state index in [1.165, 1.54) is 18.5 Å². The number of benzene rings is 1. The van der Waals surface area contributed by atoms with Gasteiger partial charge in [0.1, 0.15) is 12.5 Å². The molecule has 0 unspecified atom stereocenters. The normalized spacial score (nSPS) is 21.5. The van der Waals surface area contributed by atoms with Crippen molar-refractivity contribution in [3.05, 3.63) is 40.6 Å². The predicted molar refractivity (Wildman–Crippen MR) is 99.4 cm³/mol. The third-order valence-electron chi connectivity index (χ3n) is 4.84. The molecule has 1 aromatic rings. The molecule has 1 atom stereocenters. The highest BCUT2D eigenvalue weighted by atomic mass is 35.5. The standard InChI is InChI=1S/C19H26ClN3/c1-4-6-16-12-19(22-10-5-7-15(22)3)21-13-23(16)17-9-8-14(2)18(20)11-17/h8-9,11-12,15H,4-7,10,13H2,1-3H3/t15-/m1/s1. The first-order valence-electron chi connectivity index (χ1n) is 8.65. The summed E-state index contributed by atoms with van der Waals surface area (Å²) in [4.78, 5) is 9.60. The number of hydrogen-bond acceptors (Lipinski definition) is 3. The summed E-state index contributed by atoms with van der Waals surface area (Å²) in [6.07, 6.45) is 7.02. The Bertz CT molecular complexity index is 636. The summed E-state index contributed by atoms with van der Waals surface area (Å²) in [5.41, 5.74) is 3.60. The number of aliphatic imine (C=N–C) groups is 1. The summed E-state index contributed by atoms with van der Waals surface area (Å²) in [6, 6.07) is 6.89. The van der Waals surface area contributed by atoms with Crippen LogP contribution in [0.4, 0.5) is 5.69 Å². The van der Waals surface area contributed by atoms with Gasteiger partial charge in [0.05, 0.1) is 0 Å². The largest absolute Gasteiger partial charge is 0.354 e. The molecular formula is C19H26ClN3. The molecule has 4 heteroatoms. The fourth-order valence-electron chi connectivity index (χ4n) is 3.41. The summed E-state index contributed by atoms with van der Waals surface area (Å²) in [6.45, 7) is 8.38. The Balaban J connectivity index is 1.87. The van der Waals surface area contributed by atoms with Gasteiger partial charge in [0.2, 0.25) is 0 Å². The molecule has 23 heavy (non-hydrogen) atoms. The van der Waals surface area contributed by atoms with E-state index in [1.807, 2.05) is 6.92 Å². The van der Waals surface area contributed by atoms with Crippen LogP contribution >= 0.6 is 11.6 Å². The Morgan fingerprint density at radius 3 is 2.83 bits per heavy atom. The van der Waals surface area contributed by atoms with E-state index in [4.69, 9.17) is 16.6 Å².